The summed E-state index contributed by atoms with van der Waals surface area (Å²) in [6, 6.07) is 13.4. The number of unbranched alkanes of at least 4 members (excludes halogenated alkanes) is 2. The molecule has 0 spiro atoms. The summed E-state index contributed by atoms with van der Waals surface area (Å²) >= 11 is 3.14. The minimum Gasteiger partial charge on any atom is -0.330 e. The number of nitrogens with zero attached hydrogens (tertiary/aromatic N) is 5. The van der Waals surface area contributed by atoms with Gasteiger partial charge in [0.25, 0.3) is 0 Å². The zero-order valence-electron chi connectivity index (χ0n) is 29.0. The van der Waals surface area contributed by atoms with Crippen molar-refractivity contribution in [1.29, 1.82) is 0 Å². The lowest BCUT2D eigenvalue weighted by atomic mass is 10.0. The van der Waals surface area contributed by atoms with Crippen molar-refractivity contribution in [2.75, 3.05) is 23.3 Å². The molecule has 0 saturated heterocycles. The number of fused-ring (bicyclic) bond motifs is 2. The second-order valence-corrected chi connectivity index (χ2v) is 15.2. The fourth-order valence-corrected chi connectivity index (χ4v) is 8.35. The first-order valence-corrected chi connectivity index (χ1v) is 19.2. The van der Waals surface area contributed by atoms with Crippen LogP contribution in [0.1, 0.15) is 96.4 Å². The maximum atomic E-state index is 14.9. The Morgan fingerprint density at radius 3 is 2.72 bits per heavy atom. The van der Waals surface area contributed by atoms with Gasteiger partial charge in [0.1, 0.15) is 11.5 Å². The van der Waals surface area contributed by atoms with Crippen LogP contribution in [0.3, 0.4) is 0 Å². The van der Waals surface area contributed by atoms with Crippen LogP contribution in [0.4, 0.5) is 26.3 Å². The van der Waals surface area contributed by atoms with Gasteiger partial charge in [-0.15, -0.1) is 21.5 Å². The Morgan fingerprint density at radius 1 is 1.08 bits per heavy atom. The SMILES string of the molecule is CC(=O)c1nc(N2CCCc3c2nnc(Nc2nc4ccccc4s2)c3C)sc1CCCCc1ccc(C#CCC(C)CCCCN)cc1F. The summed E-state index contributed by atoms with van der Waals surface area (Å²) in [5.41, 5.74) is 10.6. The predicted molar refractivity (Wildman–Crippen MR) is 204 cm³/mol. The predicted octanol–water partition coefficient (Wildman–Crippen LogP) is 9.09. The Kier molecular flexibility index (Phi) is 11.8. The van der Waals surface area contributed by atoms with Crippen LogP contribution in [-0.4, -0.2) is 39.0 Å². The number of nitrogens with two attached hydrogens (primary N) is 1. The van der Waals surface area contributed by atoms with E-state index in [1.807, 2.05) is 30.3 Å². The van der Waals surface area contributed by atoms with E-state index in [0.29, 0.717) is 41.4 Å². The van der Waals surface area contributed by atoms with Gasteiger partial charge >= 0.3 is 0 Å². The van der Waals surface area contributed by atoms with Crippen molar-refractivity contribution in [3.8, 4) is 11.8 Å². The molecule has 8 nitrogen and oxygen atoms in total. The molecule has 11 heteroatoms. The molecule has 3 aromatic heterocycles. The van der Waals surface area contributed by atoms with Crippen molar-refractivity contribution >= 4 is 60.6 Å². The first-order valence-electron chi connectivity index (χ1n) is 17.5. The zero-order chi connectivity index (χ0) is 35.0. The van der Waals surface area contributed by atoms with Crippen LogP contribution in [-0.2, 0) is 19.3 Å². The molecule has 0 amide bonds. The van der Waals surface area contributed by atoms with E-state index in [0.717, 1.165) is 107 Å². The van der Waals surface area contributed by atoms with Gasteiger partial charge in [-0.2, -0.15) is 0 Å². The fraction of sp³-hybridized carbons (Fsp3) is 0.410. The fourth-order valence-electron chi connectivity index (χ4n) is 6.31. The molecule has 0 aliphatic carbocycles. The molecular weight excluding hydrogens is 666 g/mol. The normalized spacial score (nSPS) is 13.2. The third-order valence-electron chi connectivity index (χ3n) is 9.14. The number of thiazole rings is 2. The molecule has 260 valence electrons. The molecule has 1 aliphatic heterocycles. The lowest BCUT2D eigenvalue weighted by Crippen LogP contribution is -2.27. The van der Waals surface area contributed by atoms with Crippen LogP contribution in [0.2, 0.25) is 0 Å². The van der Waals surface area contributed by atoms with Crippen LogP contribution in [0.15, 0.2) is 42.5 Å². The third-order valence-corrected chi connectivity index (χ3v) is 11.2. The van der Waals surface area contributed by atoms with E-state index in [1.54, 1.807) is 35.7 Å². The van der Waals surface area contributed by atoms with Crippen LogP contribution < -0.4 is 16.0 Å². The molecule has 4 heterocycles. The van der Waals surface area contributed by atoms with Crippen LogP contribution in [0.25, 0.3) is 10.2 Å². The number of para-hydroxylation sites is 1. The van der Waals surface area contributed by atoms with Crippen molar-refractivity contribution in [3.63, 3.8) is 0 Å². The van der Waals surface area contributed by atoms with Gasteiger partial charge in [-0.3, -0.25) is 4.79 Å². The Bertz CT molecular complexity index is 1990. The number of benzene rings is 2. The quantitative estimate of drug-likeness (QED) is 0.0668. The van der Waals surface area contributed by atoms with Crippen LogP contribution in [0, 0.1) is 30.5 Å². The van der Waals surface area contributed by atoms with E-state index in [1.165, 1.54) is 0 Å². The van der Waals surface area contributed by atoms with E-state index < -0.39 is 0 Å². The minimum absolute atomic E-state index is 0.0509. The number of rotatable bonds is 14. The lowest BCUT2D eigenvalue weighted by molar-refractivity contribution is 0.101. The maximum absolute atomic E-state index is 14.9. The molecule has 1 atom stereocenters. The summed E-state index contributed by atoms with van der Waals surface area (Å²) in [6.07, 6.45) is 8.86. The van der Waals surface area contributed by atoms with Gasteiger partial charge in [0.15, 0.2) is 27.7 Å². The summed E-state index contributed by atoms with van der Waals surface area (Å²) in [6.45, 7) is 7.32. The first kappa shape index (κ1) is 35.6. The van der Waals surface area contributed by atoms with Gasteiger partial charge < -0.3 is 16.0 Å². The van der Waals surface area contributed by atoms with Gasteiger partial charge in [0.2, 0.25) is 0 Å². The van der Waals surface area contributed by atoms with Crippen molar-refractivity contribution in [3.05, 3.63) is 81.1 Å². The number of ketones is 1. The van der Waals surface area contributed by atoms with E-state index in [-0.39, 0.29) is 11.6 Å². The van der Waals surface area contributed by atoms with Crippen molar-refractivity contribution in [1.82, 2.24) is 20.2 Å². The molecule has 0 bridgehead atoms. The average molecular weight is 710 g/mol. The van der Waals surface area contributed by atoms with Gasteiger partial charge in [0.05, 0.1) is 10.2 Å². The van der Waals surface area contributed by atoms with Gasteiger partial charge in [-0.25, -0.2) is 14.4 Å². The monoisotopic (exact) mass is 709 g/mol. The third kappa shape index (κ3) is 8.55. The molecule has 1 unspecified atom stereocenters. The smallest absolute Gasteiger partial charge is 0.191 e. The minimum atomic E-state index is -0.212. The molecule has 0 radical (unpaired) electrons. The Labute approximate surface area is 301 Å². The highest BCUT2D eigenvalue weighted by Gasteiger charge is 2.28. The van der Waals surface area contributed by atoms with Crippen molar-refractivity contribution in [2.24, 2.45) is 11.7 Å². The summed E-state index contributed by atoms with van der Waals surface area (Å²) in [7, 11) is 0. The molecule has 50 heavy (non-hydrogen) atoms. The van der Waals surface area contributed by atoms with E-state index in [2.05, 4.69) is 52.2 Å². The Hall–Kier alpha value is -4.24. The zero-order valence-corrected chi connectivity index (χ0v) is 30.7. The molecule has 3 N–H and O–H groups in total. The lowest BCUT2D eigenvalue weighted by Gasteiger charge is -2.28. The van der Waals surface area contributed by atoms with Crippen molar-refractivity contribution < 1.29 is 9.18 Å². The van der Waals surface area contributed by atoms with Crippen LogP contribution >= 0.6 is 22.7 Å². The highest BCUT2D eigenvalue weighted by atomic mass is 32.1. The largest absolute Gasteiger partial charge is 0.330 e. The van der Waals surface area contributed by atoms with E-state index >= 15 is 0 Å². The average Bonchev–Trinajstić information content (AvgIpc) is 3.73. The Morgan fingerprint density at radius 2 is 1.92 bits per heavy atom. The molecular formula is C39H44FN7OS2. The number of Topliss-reactive ketones (excluding diaryl/α,β-unsaturated/α-hetero) is 1. The summed E-state index contributed by atoms with van der Waals surface area (Å²) < 4.78 is 16.1. The van der Waals surface area contributed by atoms with Gasteiger partial charge in [0, 0.05) is 41.5 Å². The molecule has 1 aliphatic rings. The number of nitrogens with one attached hydrogen (secondary N) is 1. The molecule has 6 rings (SSSR count). The maximum Gasteiger partial charge on any atom is 0.191 e. The van der Waals surface area contributed by atoms with Gasteiger partial charge in [-0.1, -0.05) is 54.7 Å². The number of aromatic nitrogens is 4. The summed E-state index contributed by atoms with van der Waals surface area (Å²) in [5.74, 6) is 8.08. The number of carbonyl (C=O) groups is 1. The number of carbonyl (C=O) groups excluding carboxylic acids is 1. The molecule has 2 aromatic carbocycles. The van der Waals surface area contributed by atoms with Gasteiger partial charge in [-0.05, 0) is 101 Å². The van der Waals surface area contributed by atoms with Crippen LogP contribution in [0.5, 0.6) is 0 Å². The highest BCUT2D eigenvalue weighted by Crippen LogP contribution is 2.39. The standard InChI is InChI=1S/C39H44FN7OS2/c1-25(12-8-9-22-41)13-10-14-28-20-21-29(31(40)24-28)15-4-6-19-34-35(27(3)48)43-39(50-34)47-23-11-16-30-26(2)36(45-46-37(30)47)44-38-42-32-17-5-7-18-33(32)49-38/h5,7,17-18,20-21,24-25H,4,6,8-9,11-13,15-16,19,22-23,41H2,1-3H3,(H,42,44,45). The molecule has 0 saturated carbocycles. The number of aryl methyl sites for hydroxylation is 2. The Balaban J connectivity index is 1.08. The summed E-state index contributed by atoms with van der Waals surface area (Å²) in [5, 5.41) is 14.2. The summed E-state index contributed by atoms with van der Waals surface area (Å²) in [4.78, 5) is 25.2. The number of hydrogen-bond donors (Lipinski definition) is 2. The highest BCUT2D eigenvalue weighted by molar-refractivity contribution is 7.22. The van der Waals surface area contributed by atoms with E-state index in [9.17, 15) is 9.18 Å². The second-order valence-electron chi connectivity index (χ2n) is 13.1. The molecule has 0 fully saturated rings. The number of hydrogen-bond acceptors (Lipinski definition) is 10. The number of halogens is 1. The molecule has 5 aromatic rings. The van der Waals surface area contributed by atoms with E-state index in [4.69, 9.17) is 15.7 Å². The number of anilines is 4. The first-order chi connectivity index (χ1) is 24.3. The second kappa shape index (κ2) is 16.6. The topological polar surface area (TPSA) is 110 Å². The van der Waals surface area contributed by atoms with Crippen molar-refractivity contribution in [2.45, 2.75) is 85.0 Å².